The van der Waals surface area contributed by atoms with Crippen LogP contribution in [0.1, 0.15) is 54.4 Å². The molecule has 1 aliphatic heterocycles. The summed E-state index contributed by atoms with van der Waals surface area (Å²) in [4.78, 5) is 30.3. The molecule has 0 radical (unpaired) electrons. The first kappa shape index (κ1) is 22.3. The van der Waals surface area contributed by atoms with Crippen molar-refractivity contribution in [2.45, 2.75) is 51.0 Å². The molecule has 1 aromatic carbocycles. The van der Waals surface area contributed by atoms with Crippen molar-refractivity contribution in [2.75, 3.05) is 31.6 Å². The highest BCUT2D eigenvalue weighted by molar-refractivity contribution is 7.20. The van der Waals surface area contributed by atoms with Gasteiger partial charge in [0.15, 0.2) is 0 Å². The number of hydrogen-bond acceptors (Lipinski definition) is 5. The first-order chi connectivity index (χ1) is 16.4. The van der Waals surface area contributed by atoms with Crippen molar-refractivity contribution in [1.29, 1.82) is 0 Å². The van der Waals surface area contributed by atoms with Crippen molar-refractivity contribution < 1.29 is 19.4 Å². The minimum atomic E-state index is -0.700. The van der Waals surface area contributed by atoms with Gasteiger partial charge in [-0.05, 0) is 68.4 Å². The molecule has 4 bridgehead atoms. The highest BCUT2D eigenvalue weighted by Gasteiger charge is 2.60. The monoisotopic (exact) mass is 480 g/mol. The Bertz CT molecular complexity index is 1110. The van der Waals surface area contributed by atoms with Crippen LogP contribution in [-0.4, -0.2) is 53.7 Å². The Labute approximate surface area is 204 Å². The second kappa shape index (κ2) is 8.18. The molecule has 2 heterocycles. The van der Waals surface area contributed by atoms with Crippen molar-refractivity contribution in [1.82, 2.24) is 4.90 Å². The summed E-state index contributed by atoms with van der Waals surface area (Å²) in [5, 5.41) is 15.0. The number of hydrogen-bond donors (Lipinski definition) is 2. The number of benzene rings is 1. The molecule has 2 N–H and O–H groups in total. The summed E-state index contributed by atoms with van der Waals surface area (Å²) in [6.45, 7) is 4.17. The maximum absolute atomic E-state index is 13.9. The fraction of sp³-hybridized carbons (Fsp3) is 0.556. The lowest BCUT2D eigenvalue weighted by Crippen LogP contribution is -2.59. The third-order valence-electron chi connectivity index (χ3n) is 8.43. The van der Waals surface area contributed by atoms with Crippen LogP contribution in [0.15, 0.2) is 30.3 Å². The zero-order chi connectivity index (χ0) is 23.5. The minimum Gasteiger partial charge on any atom is -0.390 e. The smallest absolute Gasteiger partial charge is 0.257 e. The molecule has 7 heteroatoms. The van der Waals surface area contributed by atoms with Crippen LogP contribution >= 0.6 is 11.3 Å². The molecule has 0 spiro atoms. The Morgan fingerprint density at radius 1 is 1.09 bits per heavy atom. The van der Waals surface area contributed by atoms with Crippen LogP contribution in [0.5, 0.6) is 0 Å². The SMILES string of the molecule is Cc1c(-c2ccccc2)sc(NC(=O)C23C[C@H]4C[C@@H](CC(O)(C4)C2)C3)c1C(=O)N1CCOCC1. The molecule has 34 heavy (non-hydrogen) atoms. The fourth-order valence-corrected chi connectivity index (χ4v) is 8.56. The van der Waals surface area contributed by atoms with Crippen molar-refractivity contribution in [3.8, 4) is 10.4 Å². The highest BCUT2D eigenvalue weighted by Crippen LogP contribution is 2.62. The zero-order valence-corrected chi connectivity index (χ0v) is 20.5. The fourth-order valence-electron chi connectivity index (χ4n) is 7.36. The van der Waals surface area contributed by atoms with Crippen LogP contribution in [0.4, 0.5) is 5.00 Å². The summed E-state index contributed by atoms with van der Waals surface area (Å²) in [6.07, 6.45) is 5.03. The van der Waals surface area contributed by atoms with Gasteiger partial charge in [0.25, 0.3) is 5.91 Å². The quantitative estimate of drug-likeness (QED) is 0.677. The van der Waals surface area contributed by atoms with E-state index < -0.39 is 11.0 Å². The summed E-state index contributed by atoms with van der Waals surface area (Å²) < 4.78 is 5.45. The molecular weight excluding hydrogens is 448 g/mol. The second-order valence-electron chi connectivity index (χ2n) is 11.0. The van der Waals surface area contributed by atoms with E-state index in [2.05, 4.69) is 5.32 Å². The number of carbonyl (C=O) groups excluding carboxylic acids is 2. The summed E-state index contributed by atoms with van der Waals surface area (Å²) in [5.41, 5.74) is 1.33. The van der Waals surface area contributed by atoms with E-state index in [1.165, 1.54) is 11.3 Å². The molecule has 180 valence electrons. The van der Waals surface area contributed by atoms with E-state index in [9.17, 15) is 14.7 Å². The largest absolute Gasteiger partial charge is 0.390 e. The van der Waals surface area contributed by atoms with Crippen molar-refractivity contribution in [3.63, 3.8) is 0 Å². The maximum Gasteiger partial charge on any atom is 0.257 e. The van der Waals surface area contributed by atoms with Crippen LogP contribution < -0.4 is 5.32 Å². The van der Waals surface area contributed by atoms with Crippen LogP contribution in [-0.2, 0) is 9.53 Å². The molecule has 1 saturated heterocycles. The summed E-state index contributed by atoms with van der Waals surface area (Å²) in [5.74, 6) is 0.795. The molecule has 0 unspecified atom stereocenters. The predicted molar refractivity (Wildman–Crippen MR) is 132 cm³/mol. The van der Waals surface area contributed by atoms with Crippen LogP contribution in [0.2, 0.25) is 0 Å². The van der Waals surface area contributed by atoms with E-state index in [1.54, 1.807) is 0 Å². The van der Waals surface area contributed by atoms with Gasteiger partial charge in [-0.3, -0.25) is 9.59 Å². The Morgan fingerprint density at radius 3 is 2.41 bits per heavy atom. The molecular formula is C27H32N2O4S. The predicted octanol–water partition coefficient (Wildman–Crippen LogP) is 4.47. The van der Waals surface area contributed by atoms with Crippen molar-refractivity contribution in [3.05, 3.63) is 41.5 Å². The van der Waals surface area contributed by atoms with Crippen LogP contribution in [0, 0.1) is 24.2 Å². The molecule has 5 fully saturated rings. The van der Waals surface area contributed by atoms with E-state index in [4.69, 9.17) is 4.74 Å². The third-order valence-corrected chi connectivity index (χ3v) is 9.69. The van der Waals surface area contributed by atoms with Gasteiger partial charge >= 0.3 is 0 Å². The zero-order valence-electron chi connectivity index (χ0n) is 19.6. The van der Waals surface area contributed by atoms with Crippen molar-refractivity contribution in [2.24, 2.45) is 17.3 Å². The van der Waals surface area contributed by atoms with Crippen molar-refractivity contribution >= 4 is 28.2 Å². The van der Waals surface area contributed by atoms with E-state index >= 15 is 0 Å². The molecule has 2 atom stereocenters. The van der Waals surface area contributed by atoms with Gasteiger partial charge in [-0.25, -0.2) is 0 Å². The lowest BCUT2D eigenvalue weighted by Gasteiger charge is -2.59. The first-order valence-corrected chi connectivity index (χ1v) is 13.3. The average molecular weight is 481 g/mol. The lowest BCUT2D eigenvalue weighted by molar-refractivity contribution is -0.174. The number of thiophene rings is 1. The molecule has 7 rings (SSSR count). The maximum atomic E-state index is 13.9. The number of aliphatic hydroxyl groups is 1. The number of amides is 2. The van der Waals surface area contributed by atoms with Crippen LogP contribution in [0.25, 0.3) is 10.4 Å². The van der Waals surface area contributed by atoms with E-state index in [1.807, 2.05) is 42.2 Å². The van der Waals surface area contributed by atoms with E-state index in [0.717, 1.165) is 48.1 Å². The number of anilines is 1. The van der Waals surface area contributed by atoms with E-state index in [-0.39, 0.29) is 11.8 Å². The lowest BCUT2D eigenvalue weighted by atomic mass is 9.47. The second-order valence-corrected chi connectivity index (χ2v) is 12.0. The summed E-state index contributed by atoms with van der Waals surface area (Å²) in [7, 11) is 0. The molecule has 6 nitrogen and oxygen atoms in total. The van der Waals surface area contributed by atoms with Gasteiger partial charge in [0, 0.05) is 18.0 Å². The minimum absolute atomic E-state index is 0.0167. The molecule has 2 amide bonds. The van der Waals surface area contributed by atoms with Gasteiger partial charge in [-0.1, -0.05) is 30.3 Å². The Balaban J connectivity index is 1.36. The number of ether oxygens (including phenoxy) is 1. The number of nitrogens with one attached hydrogen (secondary N) is 1. The molecule has 2 aromatic rings. The Kier molecular flexibility index (Phi) is 5.35. The molecule has 1 aromatic heterocycles. The summed E-state index contributed by atoms with van der Waals surface area (Å²) >= 11 is 1.49. The highest BCUT2D eigenvalue weighted by atomic mass is 32.1. The van der Waals surface area contributed by atoms with Gasteiger partial charge in [-0.2, -0.15) is 0 Å². The van der Waals surface area contributed by atoms with Gasteiger partial charge in [0.2, 0.25) is 5.91 Å². The van der Waals surface area contributed by atoms with Gasteiger partial charge < -0.3 is 20.1 Å². The summed E-state index contributed by atoms with van der Waals surface area (Å²) in [6, 6.07) is 10.1. The Morgan fingerprint density at radius 2 is 1.76 bits per heavy atom. The third kappa shape index (κ3) is 3.69. The average Bonchev–Trinajstić information content (AvgIpc) is 3.13. The number of morpholine rings is 1. The molecule has 4 saturated carbocycles. The number of rotatable bonds is 4. The first-order valence-electron chi connectivity index (χ1n) is 12.5. The normalized spacial score (nSPS) is 32.1. The van der Waals surface area contributed by atoms with E-state index in [0.29, 0.717) is 55.1 Å². The van der Waals surface area contributed by atoms with Gasteiger partial charge in [0.1, 0.15) is 5.00 Å². The van der Waals surface area contributed by atoms with Gasteiger partial charge in [-0.15, -0.1) is 11.3 Å². The molecule has 4 aliphatic carbocycles. The standard InChI is InChI=1S/C27H32N2O4S/c1-17-21(24(30)29-7-9-33-10-8-29)23(34-22(17)20-5-3-2-4-6-20)28-25(31)26-12-18-11-19(13-26)15-27(32,14-18)16-26/h2-6,18-19,32H,7-16H2,1H3,(H,28,31)/t18-,19-,26?,27?/m1/s1. The molecule has 5 aliphatic rings. The number of carbonyl (C=O) groups is 2. The van der Waals surface area contributed by atoms with Crippen LogP contribution in [0.3, 0.4) is 0 Å². The topological polar surface area (TPSA) is 78.9 Å². The number of nitrogens with zero attached hydrogens (tertiary/aromatic N) is 1. The van der Waals surface area contributed by atoms with Gasteiger partial charge in [0.05, 0.1) is 29.8 Å². The Hall–Kier alpha value is -2.22.